The minimum atomic E-state index is -0.159. The van der Waals surface area contributed by atoms with Gasteiger partial charge < -0.3 is 10.1 Å². The van der Waals surface area contributed by atoms with E-state index in [1.807, 2.05) is 0 Å². The maximum atomic E-state index is 11.8. The largest absolute Gasteiger partial charge is 0.469 e. The Morgan fingerprint density at radius 3 is 2.78 bits per heavy atom. The number of ether oxygens (including phenoxy) is 1. The molecule has 0 radical (unpaired) electrons. The number of allylic oxidation sites excluding steroid dienone is 2. The van der Waals surface area contributed by atoms with Crippen molar-refractivity contribution in [3.05, 3.63) is 12.2 Å². The van der Waals surface area contributed by atoms with E-state index < -0.39 is 0 Å². The first-order chi connectivity index (χ1) is 8.74. The van der Waals surface area contributed by atoms with Gasteiger partial charge >= 0.3 is 5.97 Å². The van der Waals surface area contributed by atoms with Gasteiger partial charge in [-0.15, -0.1) is 0 Å². The summed E-state index contributed by atoms with van der Waals surface area (Å²) in [5, 5.41) is 2.97. The molecule has 0 bridgehead atoms. The van der Waals surface area contributed by atoms with E-state index in [1.54, 1.807) is 0 Å². The lowest BCUT2D eigenvalue weighted by molar-refractivity contribution is -0.140. The van der Waals surface area contributed by atoms with Crippen molar-refractivity contribution in [1.29, 1.82) is 0 Å². The molecule has 1 atom stereocenters. The second-order valence-corrected chi connectivity index (χ2v) is 4.66. The Balaban J connectivity index is 1.98. The summed E-state index contributed by atoms with van der Waals surface area (Å²) in [6, 6.07) is 0. The fourth-order valence-electron chi connectivity index (χ4n) is 2.06. The molecule has 4 heteroatoms. The van der Waals surface area contributed by atoms with E-state index in [0.717, 1.165) is 38.5 Å². The zero-order valence-corrected chi connectivity index (χ0v) is 11.1. The molecule has 0 aromatic heterocycles. The summed E-state index contributed by atoms with van der Waals surface area (Å²) in [4.78, 5) is 22.6. The van der Waals surface area contributed by atoms with Gasteiger partial charge in [-0.1, -0.05) is 18.6 Å². The number of rotatable bonds is 7. The minimum absolute atomic E-state index is 0.157. The van der Waals surface area contributed by atoms with Gasteiger partial charge in [0.15, 0.2) is 0 Å². The summed E-state index contributed by atoms with van der Waals surface area (Å²) in [5.41, 5.74) is 0. The van der Waals surface area contributed by atoms with E-state index >= 15 is 0 Å². The number of carbonyl (C=O) groups excluding carboxylic acids is 2. The third-order valence-electron chi connectivity index (χ3n) is 3.22. The number of hydrogen-bond donors (Lipinski definition) is 1. The third kappa shape index (κ3) is 5.84. The van der Waals surface area contributed by atoms with E-state index in [0.29, 0.717) is 13.0 Å². The SMILES string of the molecule is COC(=O)CCCCCNC(=O)C1CC=CCC1. The highest BCUT2D eigenvalue weighted by Crippen LogP contribution is 2.17. The monoisotopic (exact) mass is 253 g/mol. The third-order valence-corrected chi connectivity index (χ3v) is 3.22. The Hall–Kier alpha value is -1.32. The first kappa shape index (κ1) is 14.7. The average Bonchev–Trinajstić information content (AvgIpc) is 2.43. The summed E-state index contributed by atoms with van der Waals surface area (Å²) >= 11 is 0. The Bertz CT molecular complexity index is 299. The molecule has 0 aromatic carbocycles. The molecular formula is C14H23NO3. The summed E-state index contributed by atoms with van der Waals surface area (Å²) in [7, 11) is 1.40. The minimum Gasteiger partial charge on any atom is -0.469 e. The molecule has 0 spiro atoms. The van der Waals surface area contributed by atoms with Crippen molar-refractivity contribution in [3.8, 4) is 0 Å². The van der Waals surface area contributed by atoms with Gasteiger partial charge in [-0.3, -0.25) is 9.59 Å². The standard InChI is InChI=1S/C14H23NO3/c1-18-13(16)10-6-3-7-11-15-14(17)12-8-4-2-5-9-12/h2,4,12H,3,5-11H2,1H3,(H,15,17). The first-order valence-electron chi connectivity index (χ1n) is 6.73. The Morgan fingerprint density at radius 1 is 1.28 bits per heavy atom. The molecule has 1 rings (SSSR count). The fraction of sp³-hybridized carbons (Fsp3) is 0.714. The number of hydrogen-bond acceptors (Lipinski definition) is 3. The molecule has 1 amide bonds. The van der Waals surface area contributed by atoms with E-state index in [4.69, 9.17) is 0 Å². The van der Waals surface area contributed by atoms with Crippen LogP contribution in [-0.2, 0) is 14.3 Å². The van der Waals surface area contributed by atoms with Gasteiger partial charge in [0, 0.05) is 18.9 Å². The first-order valence-corrected chi connectivity index (χ1v) is 6.73. The van der Waals surface area contributed by atoms with Crippen LogP contribution in [-0.4, -0.2) is 25.5 Å². The molecule has 0 fully saturated rings. The topological polar surface area (TPSA) is 55.4 Å². The Labute approximate surface area is 109 Å². The van der Waals surface area contributed by atoms with Gasteiger partial charge in [0.2, 0.25) is 5.91 Å². The zero-order valence-electron chi connectivity index (χ0n) is 11.1. The summed E-state index contributed by atoms with van der Waals surface area (Å²) < 4.78 is 4.56. The predicted octanol–water partition coefficient (Wildman–Crippen LogP) is 2.19. The van der Waals surface area contributed by atoms with Gasteiger partial charge in [0.1, 0.15) is 0 Å². The quantitative estimate of drug-likeness (QED) is 0.430. The lowest BCUT2D eigenvalue weighted by Crippen LogP contribution is -2.31. The molecule has 0 saturated carbocycles. The van der Waals surface area contributed by atoms with Gasteiger partial charge in [-0.05, 0) is 32.1 Å². The number of carbonyl (C=O) groups is 2. The van der Waals surface area contributed by atoms with Crippen molar-refractivity contribution in [1.82, 2.24) is 5.32 Å². The Kier molecular flexibility index (Phi) is 7.14. The fourth-order valence-corrected chi connectivity index (χ4v) is 2.06. The highest BCUT2D eigenvalue weighted by atomic mass is 16.5. The molecule has 4 nitrogen and oxygen atoms in total. The van der Waals surface area contributed by atoms with Crippen LogP contribution in [0.25, 0.3) is 0 Å². The maximum absolute atomic E-state index is 11.8. The molecule has 18 heavy (non-hydrogen) atoms. The molecule has 102 valence electrons. The van der Waals surface area contributed by atoms with Crippen molar-refractivity contribution >= 4 is 11.9 Å². The van der Waals surface area contributed by atoms with Crippen LogP contribution >= 0.6 is 0 Å². The lowest BCUT2D eigenvalue weighted by atomic mass is 9.94. The predicted molar refractivity (Wildman–Crippen MR) is 70.0 cm³/mol. The Morgan fingerprint density at radius 2 is 2.11 bits per heavy atom. The van der Waals surface area contributed by atoms with Gasteiger partial charge in [-0.25, -0.2) is 0 Å². The van der Waals surface area contributed by atoms with Crippen LogP contribution in [0.5, 0.6) is 0 Å². The van der Waals surface area contributed by atoms with Crippen molar-refractivity contribution in [2.45, 2.75) is 44.9 Å². The molecule has 1 N–H and O–H groups in total. The van der Waals surface area contributed by atoms with Crippen LogP contribution in [0.4, 0.5) is 0 Å². The molecule has 0 saturated heterocycles. The molecule has 1 unspecified atom stereocenters. The van der Waals surface area contributed by atoms with Crippen molar-refractivity contribution in [2.24, 2.45) is 5.92 Å². The van der Waals surface area contributed by atoms with Crippen LogP contribution < -0.4 is 5.32 Å². The maximum Gasteiger partial charge on any atom is 0.305 e. The average molecular weight is 253 g/mol. The van der Waals surface area contributed by atoms with Gasteiger partial charge in [0.05, 0.1) is 7.11 Å². The lowest BCUT2D eigenvalue weighted by Gasteiger charge is -2.17. The summed E-state index contributed by atoms with van der Waals surface area (Å²) in [5.74, 6) is 0.172. The summed E-state index contributed by atoms with van der Waals surface area (Å²) in [6.45, 7) is 0.709. The molecule has 0 aromatic rings. The van der Waals surface area contributed by atoms with E-state index in [1.165, 1.54) is 7.11 Å². The number of unbranched alkanes of at least 4 members (excludes halogenated alkanes) is 2. The molecule has 0 heterocycles. The molecule has 1 aliphatic carbocycles. The van der Waals surface area contributed by atoms with Crippen LogP contribution in [0.1, 0.15) is 44.9 Å². The highest BCUT2D eigenvalue weighted by molar-refractivity contribution is 5.78. The molecule has 1 aliphatic rings. The summed E-state index contributed by atoms with van der Waals surface area (Å²) in [6.07, 6.45) is 10.2. The van der Waals surface area contributed by atoms with E-state index in [9.17, 15) is 9.59 Å². The van der Waals surface area contributed by atoms with Gasteiger partial charge in [0.25, 0.3) is 0 Å². The molecular weight excluding hydrogens is 230 g/mol. The number of methoxy groups -OCH3 is 1. The van der Waals surface area contributed by atoms with Crippen LogP contribution in [0.3, 0.4) is 0 Å². The smallest absolute Gasteiger partial charge is 0.305 e. The highest BCUT2D eigenvalue weighted by Gasteiger charge is 2.17. The zero-order chi connectivity index (χ0) is 13.2. The van der Waals surface area contributed by atoms with E-state index in [-0.39, 0.29) is 17.8 Å². The van der Waals surface area contributed by atoms with E-state index in [2.05, 4.69) is 22.2 Å². The molecule has 0 aliphatic heterocycles. The number of nitrogens with one attached hydrogen (secondary N) is 1. The van der Waals surface area contributed by atoms with Gasteiger partial charge in [-0.2, -0.15) is 0 Å². The number of amides is 1. The van der Waals surface area contributed by atoms with Crippen LogP contribution in [0.15, 0.2) is 12.2 Å². The van der Waals surface area contributed by atoms with Crippen LogP contribution in [0, 0.1) is 5.92 Å². The van der Waals surface area contributed by atoms with Crippen molar-refractivity contribution < 1.29 is 14.3 Å². The second kappa shape index (κ2) is 8.72. The van der Waals surface area contributed by atoms with Crippen molar-refractivity contribution in [2.75, 3.05) is 13.7 Å². The van der Waals surface area contributed by atoms with Crippen LogP contribution in [0.2, 0.25) is 0 Å². The van der Waals surface area contributed by atoms with Crippen molar-refractivity contribution in [3.63, 3.8) is 0 Å². The second-order valence-electron chi connectivity index (χ2n) is 4.66. The normalized spacial score (nSPS) is 18.4. The number of esters is 1.